The predicted molar refractivity (Wildman–Crippen MR) is 107 cm³/mol. The monoisotopic (exact) mass is 395 g/mol. The molecular formula is C23H29N3O3. The fourth-order valence-corrected chi connectivity index (χ4v) is 7.14. The van der Waals surface area contributed by atoms with Crippen LogP contribution in [0.25, 0.3) is 0 Å². The molecule has 1 aromatic rings. The molecule has 5 heterocycles. The van der Waals surface area contributed by atoms with Gasteiger partial charge in [0.05, 0.1) is 6.54 Å². The van der Waals surface area contributed by atoms with Crippen LogP contribution in [-0.4, -0.2) is 69.4 Å². The van der Waals surface area contributed by atoms with Gasteiger partial charge in [-0.25, -0.2) is 0 Å². The zero-order valence-electron chi connectivity index (χ0n) is 16.8. The van der Waals surface area contributed by atoms with E-state index in [1.807, 2.05) is 0 Å². The van der Waals surface area contributed by atoms with Gasteiger partial charge in [-0.15, -0.1) is 0 Å². The van der Waals surface area contributed by atoms with Gasteiger partial charge in [0.1, 0.15) is 11.8 Å². The van der Waals surface area contributed by atoms with E-state index in [-0.39, 0.29) is 23.6 Å². The topological polar surface area (TPSA) is 64.1 Å². The molecule has 0 radical (unpaired) electrons. The standard InChI is InChI=1S/C23H29N3O3/c27-20-7-1-5-15-17(20)13-26(22(15)28)19-9-8-18-16-6-3-11-24-10-2-4-14(21(16)24)12-25(18)23(19)29/h1,5,7,14,16,18-19,21,27H,2-4,6,8-13H2/t14-,16+,18+,19?,21-/m0/s1. The molecule has 154 valence electrons. The molecule has 0 aromatic heterocycles. The van der Waals surface area contributed by atoms with Crippen molar-refractivity contribution in [1.82, 2.24) is 14.7 Å². The Hall–Kier alpha value is -2.08. The SMILES string of the molecule is O=C1c2cccc(O)c2CN1C1CC[C@@H]2[C@H]3CCCN4CCC[C@@H](CN2C1=O)[C@@H]34. The second-order valence-corrected chi connectivity index (χ2v) is 9.62. The maximum Gasteiger partial charge on any atom is 0.255 e. The van der Waals surface area contributed by atoms with E-state index in [0.717, 1.165) is 19.4 Å². The molecule has 29 heavy (non-hydrogen) atoms. The van der Waals surface area contributed by atoms with Gasteiger partial charge in [0.2, 0.25) is 5.91 Å². The highest BCUT2D eigenvalue weighted by Gasteiger charge is 2.53. The van der Waals surface area contributed by atoms with Crippen LogP contribution in [0.1, 0.15) is 54.4 Å². The smallest absolute Gasteiger partial charge is 0.255 e. The van der Waals surface area contributed by atoms with E-state index < -0.39 is 0 Å². The van der Waals surface area contributed by atoms with Crippen LogP contribution in [0.3, 0.4) is 0 Å². The van der Waals surface area contributed by atoms with Gasteiger partial charge in [-0.3, -0.25) is 14.5 Å². The first-order valence-electron chi connectivity index (χ1n) is 11.3. The Bertz CT molecular complexity index is 869. The van der Waals surface area contributed by atoms with E-state index in [1.54, 1.807) is 23.1 Å². The summed E-state index contributed by atoms with van der Waals surface area (Å²) in [7, 11) is 0. The molecule has 0 bridgehead atoms. The second kappa shape index (κ2) is 6.46. The van der Waals surface area contributed by atoms with Crippen LogP contribution >= 0.6 is 0 Å². The van der Waals surface area contributed by atoms with Crippen LogP contribution in [0.5, 0.6) is 5.75 Å². The van der Waals surface area contributed by atoms with Crippen LogP contribution in [0.4, 0.5) is 0 Å². The molecule has 0 saturated carbocycles. The average molecular weight is 396 g/mol. The molecule has 1 aromatic carbocycles. The molecule has 6 nitrogen and oxygen atoms in total. The number of piperidine rings is 4. The van der Waals surface area contributed by atoms with Gasteiger partial charge >= 0.3 is 0 Å². The minimum Gasteiger partial charge on any atom is -0.508 e. The van der Waals surface area contributed by atoms with Gasteiger partial charge in [-0.2, -0.15) is 0 Å². The molecule has 0 spiro atoms. The Kier molecular flexibility index (Phi) is 3.95. The van der Waals surface area contributed by atoms with Gasteiger partial charge < -0.3 is 14.9 Å². The predicted octanol–water partition coefficient (Wildman–Crippen LogP) is 2.21. The number of carbonyl (C=O) groups is 2. The first-order chi connectivity index (χ1) is 14.1. The summed E-state index contributed by atoms with van der Waals surface area (Å²) < 4.78 is 0. The number of phenols is 1. The molecule has 6 rings (SSSR count). The lowest BCUT2D eigenvalue weighted by Gasteiger charge is -2.59. The minimum absolute atomic E-state index is 0.107. The Morgan fingerprint density at radius 1 is 0.966 bits per heavy atom. The lowest BCUT2D eigenvalue weighted by molar-refractivity contribution is -0.157. The highest BCUT2D eigenvalue weighted by molar-refractivity contribution is 6.02. The number of rotatable bonds is 1. The van der Waals surface area contributed by atoms with Crippen LogP contribution in [0.2, 0.25) is 0 Å². The van der Waals surface area contributed by atoms with Crippen molar-refractivity contribution in [2.45, 2.75) is 63.2 Å². The van der Waals surface area contributed by atoms with Gasteiger partial charge in [0, 0.05) is 29.8 Å². The van der Waals surface area contributed by atoms with Crippen molar-refractivity contribution < 1.29 is 14.7 Å². The fraction of sp³-hybridized carbons (Fsp3) is 0.652. The summed E-state index contributed by atoms with van der Waals surface area (Å²) in [6, 6.07) is 5.71. The molecule has 6 heteroatoms. The molecule has 4 fully saturated rings. The third-order valence-corrected chi connectivity index (χ3v) is 8.32. The Balaban J connectivity index is 1.27. The molecule has 1 unspecified atom stereocenters. The summed E-state index contributed by atoms with van der Waals surface area (Å²) in [6.45, 7) is 3.66. The number of amides is 2. The van der Waals surface area contributed by atoms with Crippen molar-refractivity contribution in [3.8, 4) is 5.75 Å². The van der Waals surface area contributed by atoms with Crippen molar-refractivity contribution in [3.05, 3.63) is 29.3 Å². The molecule has 5 aliphatic heterocycles. The van der Waals surface area contributed by atoms with Crippen LogP contribution in [0.15, 0.2) is 18.2 Å². The maximum atomic E-state index is 13.6. The number of carbonyl (C=O) groups excluding carboxylic acids is 2. The first kappa shape index (κ1) is 17.8. The number of hydrogen-bond acceptors (Lipinski definition) is 4. The molecule has 1 N–H and O–H groups in total. The average Bonchev–Trinajstić information content (AvgIpc) is 3.07. The lowest BCUT2D eigenvalue weighted by Crippen LogP contribution is -2.69. The molecule has 4 saturated heterocycles. The van der Waals surface area contributed by atoms with E-state index in [4.69, 9.17) is 0 Å². The quantitative estimate of drug-likeness (QED) is 0.792. The van der Waals surface area contributed by atoms with E-state index in [0.29, 0.717) is 41.6 Å². The summed E-state index contributed by atoms with van der Waals surface area (Å²) in [4.78, 5) is 33.2. The van der Waals surface area contributed by atoms with Crippen molar-refractivity contribution >= 4 is 11.8 Å². The highest BCUT2D eigenvalue weighted by atomic mass is 16.3. The van der Waals surface area contributed by atoms with E-state index in [9.17, 15) is 14.7 Å². The summed E-state index contributed by atoms with van der Waals surface area (Å²) in [6.07, 6.45) is 6.68. The van der Waals surface area contributed by atoms with E-state index in [1.165, 1.54) is 38.8 Å². The summed E-state index contributed by atoms with van der Waals surface area (Å²) in [5.41, 5.74) is 1.22. The van der Waals surface area contributed by atoms with Gasteiger partial charge in [-0.1, -0.05) is 6.07 Å². The number of phenolic OH excluding ortho intramolecular Hbond substituents is 1. The summed E-state index contributed by atoms with van der Waals surface area (Å²) in [5, 5.41) is 10.2. The summed E-state index contributed by atoms with van der Waals surface area (Å²) in [5.74, 6) is 1.38. The largest absolute Gasteiger partial charge is 0.508 e. The number of fused-ring (bicyclic) bond motifs is 3. The lowest BCUT2D eigenvalue weighted by atomic mass is 9.67. The van der Waals surface area contributed by atoms with Crippen LogP contribution < -0.4 is 0 Å². The molecule has 0 aliphatic carbocycles. The van der Waals surface area contributed by atoms with E-state index >= 15 is 0 Å². The van der Waals surface area contributed by atoms with Crippen LogP contribution in [0, 0.1) is 11.8 Å². The number of aromatic hydroxyl groups is 1. The molecule has 5 atom stereocenters. The zero-order chi connectivity index (χ0) is 19.7. The Morgan fingerprint density at radius 2 is 1.79 bits per heavy atom. The third kappa shape index (κ3) is 2.51. The van der Waals surface area contributed by atoms with Gasteiger partial charge in [0.25, 0.3) is 5.91 Å². The Labute approximate surface area is 171 Å². The van der Waals surface area contributed by atoms with Crippen molar-refractivity contribution in [2.75, 3.05) is 19.6 Å². The zero-order valence-corrected chi connectivity index (χ0v) is 16.8. The van der Waals surface area contributed by atoms with Crippen LogP contribution in [-0.2, 0) is 11.3 Å². The fourth-order valence-electron chi connectivity index (χ4n) is 7.14. The molecule has 2 amide bonds. The maximum absolute atomic E-state index is 13.6. The minimum atomic E-state index is -0.384. The third-order valence-electron chi connectivity index (χ3n) is 8.32. The first-order valence-corrected chi connectivity index (χ1v) is 11.3. The van der Waals surface area contributed by atoms with Crippen molar-refractivity contribution in [3.63, 3.8) is 0 Å². The van der Waals surface area contributed by atoms with E-state index in [2.05, 4.69) is 9.80 Å². The molecule has 5 aliphatic rings. The van der Waals surface area contributed by atoms with Gasteiger partial charge in [0.15, 0.2) is 0 Å². The van der Waals surface area contributed by atoms with Crippen molar-refractivity contribution in [2.24, 2.45) is 11.8 Å². The normalized spacial score (nSPS) is 36.6. The van der Waals surface area contributed by atoms with Crippen molar-refractivity contribution in [1.29, 1.82) is 0 Å². The Morgan fingerprint density at radius 3 is 2.62 bits per heavy atom. The molecular weight excluding hydrogens is 366 g/mol. The number of nitrogens with zero attached hydrogens (tertiary/aromatic N) is 3. The van der Waals surface area contributed by atoms with Gasteiger partial charge in [-0.05, 0) is 75.6 Å². The highest BCUT2D eigenvalue weighted by Crippen LogP contribution is 2.45. The number of hydrogen-bond donors (Lipinski definition) is 1. The summed E-state index contributed by atoms with van der Waals surface area (Å²) >= 11 is 0. The number of benzene rings is 1. The second-order valence-electron chi connectivity index (χ2n) is 9.62.